The van der Waals surface area contributed by atoms with Gasteiger partial charge >= 0.3 is 6.09 Å². The highest BCUT2D eigenvalue weighted by molar-refractivity contribution is 6.55. The first kappa shape index (κ1) is 23.3. The molecule has 0 radical (unpaired) electrons. The highest BCUT2D eigenvalue weighted by Gasteiger charge is 2.10. The fourth-order valence-electron chi connectivity index (χ4n) is 2.14. The molecule has 0 spiro atoms. The van der Waals surface area contributed by atoms with E-state index < -0.39 is 6.09 Å². The van der Waals surface area contributed by atoms with Gasteiger partial charge in [0, 0.05) is 24.2 Å². The van der Waals surface area contributed by atoms with E-state index in [1.165, 1.54) is 6.08 Å². The third kappa shape index (κ3) is 8.50. The quantitative estimate of drug-likeness (QED) is 0.373. The lowest BCUT2D eigenvalue weighted by atomic mass is 10.3. The average molecular weight is 481 g/mol. The molecule has 2 aromatic rings. The van der Waals surface area contributed by atoms with Crippen molar-refractivity contribution < 1.29 is 24.1 Å². The van der Waals surface area contributed by atoms with Gasteiger partial charge in [0.25, 0.3) is 0 Å². The van der Waals surface area contributed by atoms with Crippen molar-refractivity contribution in [2.45, 2.75) is 6.42 Å². The highest BCUT2D eigenvalue weighted by Crippen LogP contribution is 2.37. The van der Waals surface area contributed by atoms with Crippen LogP contribution in [0.5, 0.6) is 17.2 Å². The summed E-state index contributed by atoms with van der Waals surface area (Å²) in [6, 6.07) is 9.74. The summed E-state index contributed by atoms with van der Waals surface area (Å²) in [6.07, 6.45) is 0.953. The second-order valence-corrected chi connectivity index (χ2v) is 7.35. The maximum atomic E-state index is 10.6. The smallest absolute Gasteiger partial charge is 0.409 e. The van der Waals surface area contributed by atoms with E-state index in [1.807, 2.05) is 0 Å². The maximum Gasteiger partial charge on any atom is 0.409 e. The molecule has 0 heterocycles. The molecule has 29 heavy (non-hydrogen) atoms. The normalized spacial score (nSPS) is 10.2. The van der Waals surface area contributed by atoms with Crippen LogP contribution in [-0.4, -0.2) is 31.0 Å². The van der Waals surface area contributed by atoms with Crippen LogP contribution in [-0.2, 0) is 0 Å². The number of nitrogens with one attached hydrogen (secondary N) is 1. The number of carboxylic acid groups (broad SMARTS) is 1. The predicted molar refractivity (Wildman–Crippen MR) is 115 cm³/mol. The SMILES string of the molecule is O=C(O)Nc1ccc(OCCCOc2c(Cl)cc(OCC=C(Cl)Cl)cc2Cl)cc1. The summed E-state index contributed by atoms with van der Waals surface area (Å²) in [6.45, 7) is 0.913. The highest BCUT2D eigenvalue weighted by atomic mass is 35.5. The van der Waals surface area contributed by atoms with Crippen LogP contribution in [0.15, 0.2) is 47.0 Å². The minimum absolute atomic E-state index is 0.109. The van der Waals surface area contributed by atoms with E-state index in [9.17, 15) is 4.79 Å². The molecule has 0 saturated carbocycles. The van der Waals surface area contributed by atoms with Crippen molar-refractivity contribution in [1.82, 2.24) is 0 Å². The number of halogens is 4. The molecular weight excluding hydrogens is 464 g/mol. The Hall–Kier alpha value is -1.99. The zero-order valence-corrected chi connectivity index (χ0v) is 18.0. The van der Waals surface area contributed by atoms with E-state index >= 15 is 0 Å². The molecule has 0 aromatic heterocycles. The fourth-order valence-corrected chi connectivity index (χ4v) is 2.84. The molecule has 0 aliphatic heterocycles. The Morgan fingerprint density at radius 2 is 1.59 bits per heavy atom. The summed E-state index contributed by atoms with van der Waals surface area (Å²) in [5, 5.41) is 11.5. The zero-order chi connectivity index (χ0) is 21.2. The van der Waals surface area contributed by atoms with Gasteiger partial charge in [-0.15, -0.1) is 0 Å². The third-order valence-corrected chi connectivity index (χ3v) is 4.24. The first-order chi connectivity index (χ1) is 13.8. The van der Waals surface area contributed by atoms with Gasteiger partial charge in [-0.3, -0.25) is 5.32 Å². The molecule has 0 aliphatic rings. The molecule has 2 N–H and O–H groups in total. The van der Waals surface area contributed by atoms with Crippen LogP contribution in [0, 0.1) is 0 Å². The molecule has 10 heteroatoms. The summed E-state index contributed by atoms with van der Waals surface area (Å²) in [5.74, 6) is 1.43. The summed E-state index contributed by atoms with van der Waals surface area (Å²) in [4.78, 5) is 10.6. The number of hydrogen-bond acceptors (Lipinski definition) is 4. The fraction of sp³-hybridized carbons (Fsp3) is 0.211. The minimum Gasteiger partial charge on any atom is -0.493 e. The number of amides is 1. The van der Waals surface area contributed by atoms with Crippen LogP contribution in [0.2, 0.25) is 10.0 Å². The standard InChI is InChI=1S/C19H17Cl4NO5/c20-15-10-14(28-9-6-17(22)23)11-16(21)18(15)29-8-1-7-27-13-4-2-12(3-5-13)24-19(25)26/h2-6,10-11,24H,1,7-9H2,(H,25,26). The van der Waals surface area contributed by atoms with Gasteiger partial charge in [-0.05, 0) is 30.3 Å². The maximum absolute atomic E-state index is 10.6. The largest absolute Gasteiger partial charge is 0.493 e. The lowest BCUT2D eigenvalue weighted by Gasteiger charge is -2.12. The Bertz CT molecular complexity index is 831. The van der Waals surface area contributed by atoms with Crippen molar-refractivity contribution in [2.24, 2.45) is 0 Å². The molecule has 0 aliphatic carbocycles. The summed E-state index contributed by atoms with van der Waals surface area (Å²) in [7, 11) is 0. The molecule has 6 nitrogen and oxygen atoms in total. The van der Waals surface area contributed by atoms with Crippen molar-refractivity contribution in [1.29, 1.82) is 0 Å². The topological polar surface area (TPSA) is 77.0 Å². The molecule has 0 fully saturated rings. The van der Waals surface area contributed by atoms with Gasteiger partial charge in [0.15, 0.2) is 5.75 Å². The van der Waals surface area contributed by atoms with E-state index in [4.69, 9.17) is 65.7 Å². The Kier molecular flexibility index (Phi) is 9.54. The van der Waals surface area contributed by atoms with Gasteiger partial charge in [0.05, 0.1) is 23.3 Å². The van der Waals surface area contributed by atoms with Crippen LogP contribution < -0.4 is 19.5 Å². The van der Waals surface area contributed by atoms with Gasteiger partial charge in [-0.1, -0.05) is 46.4 Å². The van der Waals surface area contributed by atoms with Gasteiger partial charge in [-0.25, -0.2) is 4.79 Å². The van der Waals surface area contributed by atoms with Gasteiger partial charge in [0.1, 0.15) is 22.6 Å². The van der Waals surface area contributed by atoms with Crippen molar-refractivity contribution >= 4 is 58.2 Å². The third-order valence-electron chi connectivity index (χ3n) is 3.37. The summed E-state index contributed by atoms with van der Waals surface area (Å²) < 4.78 is 16.8. The van der Waals surface area contributed by atoms with E-state index in [-0.39, 0.29) is 11.1 Å². The van der Waals surface area contributed by atoms with Gasteiger partial charge in [0.2, 0.25) is 0 Å². The number of benzene rings is 2. The first-order valence-electron chi connectivity index (χ1n) is 8.34. The number of ether oxygens (including phenoxy) is 3. The summed E-state index contributed by atoms with van der Waals surface area (Å²) in [5.41, 5.74) is 0.465. The van der Waals surface area contributed by atoms with Crippen molar-refractivity contribution in [3.63, 3.8) is 0 Å². The van der Waals surface area contributed by atoms with Crippen LogP contribution in [0.4, 0.5) is 10.5 Å². The molecule has 2 rings (SSSR count). The lowest BCUT2D eigenvalue weighted by molar-refractivity contribution is 0.209. The predicted octanol–water partition coefficient (Wildman–Crippen LogP) is 6.63. The van der Waals surface area contributed by atoms with Crippen LogP contribution in [0.1, 0.15) is 6.42 Å². The van der Waals surface area contributed by atoms with Crippen LogP contribution in [0.3, 0.4) is 0 Å². The second-order valence-electron chi connectivity index (χ2n) is 5.53. The van der Waals surface area contributed by atoms with E-state index in [2.05, 4.69) is 5.32 Å². The molecular formula is C19H17Cl4NO5. The number of carbonyl (C=O) groups is 1. The van der Waals surface area contributed by atoms with Gasteiger partial charge < -0.3 is 19.3 Å². The first-order valence-corrected chi connectivity index (χ1v) is 9.85. The monoisotopic (exact) mass is 479 g/mol. The van der Waals surface area contributed by atoms with Crippen LogP contribution in [0.25, 0.3) is 0 Å². The molecule has 0 unspecified atom stereocenters. The second kappa shape index (κ2) is 11.9. The molecule has 1 amide bonds. The minimum atomic E-state index is -1.12. The van der Waals surface area contributed by atoms with E-state index in [0.717, 1.165) is 0 Å². The Balaban J connectivity index is 1.77. The van der Waals surface area contributed by atoms with Crippen LogP contribution >= 0.6 is 46.4 Å². The van der Waals surface area contributed by atoms with Crippen molar-refractivity contribution in [2.75, 3.05) is 25.1 Å². The van der Waals surface area contributed by atoms with E-state index in [0.29, 0.717) is 52.6 Å². The van der Waals surface area contributed by atoms with Gasteiger partial charge in [-0.2, -0.15) is 0 Å². The molecule has 156 valence electrons. The zero-order valence-electron chi connectivity index (χ0n) is 15.0. The van der Waals surface area contributed by atoms with Crippen molar-refractivity contribution in [3.8, 4) is 17.2 Å². The molecule has 0 bridgehead atoms. The number of anilines is 1. The van der Waals surface area contributed by atoms with E-state index in [1.54, 1.807) is 36.4 Å². The summed E-state index contributed by atoms with van der Waals surface area (Å²) >= 11 is 23.4. The Morgan fingerprint density at radius 3 is 2.17 bits per heavy atom. The lowest BCUT2D eigenvalue weighted by Crippen LogP contribution is -2.07. The van der Waals surface area contributed by atoms with Crippen molar-refractivity contribution in [3.05, 3.63) is 57.0 Å². The number of hydrogen-bond donors (Lipinski definition) is 2. The Labute approximate surface area is 187 Å². The Morgan fingerprint density at radius 1 is 0.966 bits per heavy atom. The number of rotatable bonds is 10. The molecule has 0 atom stereocenters. The average Bonchev–Trinajstić information content (AvgIpc) is 2.64. The molecule has 0 saturated heterocycles. The molecule has 2 aromatic carbocycles.